The summed E-state index contributed by atoms with van der Waals surface area (Å²) in [5.41, 5.74) is 0.450. The Morgan fingerprint density at radius 2 is 2.04 bits per heavy atom. The molecule has 1 fully saturated rings. The lowest BCUT2D eigenvalue weighted by molar-refractivity contribution is 0.00563. The molecule has 0 bridgehead atoms. The molecule has 0 saturated heterocycles. The van der Waals surface area contributed by atoms with Crippen LogP contribution in [0.15, 0.2) is 24.4 Å². The minimum absolute atomic E-state index is 0.106. The third-order valence-electron chi connectivity index (χ3n) is 4.14. The molecule has 0 amide bonds. The molecule has 0 spiro atoms. The van der Waals surface area contributed by atoms with Gasteiger partial charge in [-0.05, 0) is 18.2 Å². The molecule has 0 aromatic carbocycles. The zero-order valence-corrected chi connectivity index (χ0v) is 13.8. The summed E-state index contributed by atoms with van der Waals surface area (Å²) in [5.74, 6) is -8.91. The molecule has 3 aromatic rings. The van der Waals surface area contributed by atoms with Gasteiger partial charge in [-0.15, -0.1) is 10.2 Å². The second-order valence-corrected chi connectivity index (χ2v) is 6.38. The van der Waals surface area contributed by atoms with Crippen LogP contribution >= 0.6 is 0 Å². The lowest BCUT2D eigenvalue weighted by atomic mass is 10.2. The largest absolute Gasteiger partial charge is 0.475 e. The van der Waals surface area contributed by atoms with Crippen molar-refractivity contribution in [2.75, 3.05) is 6.61 Å². The molecule has 3 aromatic heterocycles. The topological polar surface area (TPSA) is 65.2 Å². The first-order chi connectivity index (χ1) is 12.6. The normalized spacial score (nSPS) is 18.7. The van der Waals surface area contributed by atoms with Gasteiger partial charge in [0.15, 0.2) is 11.5 Å². The Bertz CT molecular complexity index is 1020. The number of fused-ring (bicyclic) bond motifs is 1. The molecule has 4 rings (SSSR count). The van der Waals surface area contributed by atoms with Crippen LogP contribution in [0.2, 0.25) is 0 Å². The van der Waals surface area contributed by atoms with Gasteiger partial charge < -0.3 is 4.74 Å². The fraction of sp³-hybridized carbons (Fsp3) is 0.375. The summed E-state index contributed by atoms with van der Waals surface area (Å²) in [6.07, 6.45) is 0.922. The second kappa shape index (κ2) is 5.83. The van der Waals surface area contributed by atoms with Crippen molar-refractivity contribution in [3.8, 4) is 17.1 Å². The Balaban J connectivity index is 1.60. The molecule has 11 heteroatoms. The van der Waals surface area contributed by atoms with Gasteiger partial charge >= 0.3 is 5.92 Å². The maximum atomic E-state index is 14.2. The van der Waals surface area contributed by atoms with Crippen LogP contribution in [0, 0.1) is 11.7 Å². The van der Waals surface area contributed by atoms with Crippen molar-refractivity contribution in [2.24, 2.45) is 5.92 Å². The highest BCUT2D eigenvalue weighted by molar-refractivity contribution is 5.59. The molecular formula is C16H12F5N5O. The van der Waals surface area contributed by atoms with Crippen LogP contribution in [-0.4, -0.2) is 37.3 Å². The summed E-state index contributed by atoms with van der Waals surface area (Å²) in [6.45, 7) is 0.324. The number of hydrogen-bond acceptors (Lipinski definition) is 5. The molecule has 1 saturated carbocycles. The van der Waals surface area contributed by atoms with E-state index in [0.29, 0.717) is 6.92 Å². The summed E-state index contributed by atoms with van der Waals surface area (Å²) in [7, 11) is 0. The fourth-order valence-electron chi connectivity index (χ4n) is 2.52. The van der Waals surface area contributed by atoms with E-state index in [0.717, 1.165) is 10.6 Å². The Morgan fingerprint density at radius 3 is 2.67 bits per heavy atom. The van der Waals surface area contributed by atoms with Crippen LogP contribution in [0.1, 0.15) is 19.2 Å². The molecule has 27 heavy (non-hydrogen) atoms. The number of ether oxygens (including phenoxy) is 1. The van der Waals surface area contributed by atoms with E-state index in [1.165, 1.54) is 18.3 Å². The van der Waals surface area contributed by atoms with Crippen LogP contribution in [0.3, 0.4) is 0 Å². The van der Waals surface area contributed by atoms with Gasteiger partial charge in [-0.25, -0.2) is 18.2 Å². The summed E-state index contributed by atoms with van der Waals surface area (Å²) >= 11 is 0. The van der Waals surface area contributed by atoms with E-state index in [4.69, 9.17) is 4.74 Å². The predicted octanol–water partition coefficient (Wildman–Crippen LogP) is 3.47. The first-order valence-electron chi connectivity index (χ1n) is 7.92. The van der Waals surface area contributed by atoms with E-state index in [9.17, 15) is 22.0 Å². The highest BCUT2D eigenvalue weighted by Crippen LogP contribution is 2.48. The third kappa shape index (κ3) is 3.28. The molecule has 3 heterocycles. The van der Waals surface area contributed by atoms with Crippen molar-refractivity contribution in [3.05, 3.63) is 36.0 Å². The molecule has 142 valence electrons. The minimum atomic E-state index is -3.27. The highest BCUT2D eigenvalue weighted by atomic mass is 19.3. The van der Waals surface area contributed by atoms with Gasteiger partial charge in [0.2, 0.25) is 11.7 Å². The van der Waals surface area contributed by atoms with Gasteiger partial charge in [0.25, 0.3) is 5.92 Å². The molecule has 1 aliphatic carbocycles. The number of nitrogens with zero attached hydrogens (tertiary/aromatic N) is 5. The monoisotopic (exact) mass is 385 g/mol. The standard InChI is InChI=1S/C16H12F5N5O/c1-15(18,19)14-24-23-12-3-2-11(25-26(12)14)8-4-10(17)13(22-6-8)27-7-9-5-16(9,20)21/h2-4,6,9H,5,7H2,1H3/t9-/m1/s1. The maximum Gasteiger partial charge on any atom is 0.305 e. The smallest absolute Gasteiger partial charge is 0.305 e. The van der Waals surface area contributed by atoms with Crippen LogP contribution in [0.5, 0.6) is 5.88 Å². The molecule has 1 atom stereocenters. The van der Waals surface area contributed by atoms with Gasteiger partial charge in [0.05, 0.1) is 18.2 Å². The average Bonchev–Trinajstić information content (AvgIpc) is 3.01. The first kappa shape index (κ1) is 17.6. The predicted molar refractivity (Wildman–Crippen MR) is 82.1 cm³/mol. The van der Waals surface area contributed by atoms with E-state index < -0.39 is 35.3 Å². The first-order valence-corrected chi connectivity index (χ1v) is 7.92. The lowest BCUT2D eigenvalue weighted by Crippen LogP contribution is -2.14. The maximum absolute atomic E-state index is 14.2. The molecule has 6 nitrogen and oxygen atoms in total. The van der Waals surface area contributed by atoms with Crippen LogP contribution < -0.4 is 4.74 Å². The van der Waals surface area contributed by atoms with Crippen LogP contribution in [0.25, 0.3) is 16.9 Å². The number of aromatic nitrogens is 5. The SMILES string of the molecule is CC(F)(F)c1nnc2ccc(-c3cnc(OC[C@H]4CC4(F)F)c(F)c3)nn12. The Kier molecular flexibility index (Phi) is 3.79. The minimum Gasteiger partial charge on any atom is -0.475 e. The lowest BCUT2D eigenvalue weighted by Gasteiger charge is -2.09. The summed E-state index contributed by atoms with van der Waals surface area (Å²) in [6, 6.07) is 3.89. The number of hydrogen-bond donors (Lipinski definition) is 0. The van der Waals surface area contributed by atoms with E-state index in [1.807, 2.05) is 0 Å². The van der Waals surface area contributed by atoms with Gasteiger partial charge in [-0.1, -0.05) is 0 Å². The third-order valence-corrected chi connectivity index (χ3v) is 4.14. The van der Waals surface area contributed by atoms with Crippen molar-refractivity contribution in [3.63, 3.8) is 0 Å². The molecule has 1 aliphatic rings. The molecule has 0 radical (unpaired) electrons. The second-order valence-electron chi connectivity index (χ2n) is 6.38. The summed E-state index contributed by atoms with van der Waals surface area (Å²) < 4.78 is 72.8. The van der Waals surface area contributed by atoms with Crippen molar-refractivity contribution in [1.29, 1.82) is 0 Å². The van der Waals surface area contributed by atoms with Crippen molar-refractivity contribution >= 4 is 5.65 Å². The number of pyridine rings is 1. The van der Waals surface area contributed by atoms with Gasteiger partial charge in [-0.2, -0.15) is 18.4 Å². The Morgan fingerprint density at radius 1 is 1.30 bits per heavy atom. The fourth-order valence-corrected chi connectivity index (χ4v) is 2.52. The zero-order chi connectivity index (χ0) is 19.4. The van der Waals surface area contributed by atoms with Crippen molar-refractivity contribution < 1.29 is 26.7 Å². The summed E-state index contributed by atoms with van der Waals surface area (Å²) in [4.78, 5) is 3.77. The van der Waals surface area contributed by atoms with Crippen LogP contribution in [0.4, 0.5) is 22.0 Å². The molecule has 0 unspecified atom stereocenters. The van der Waals surface area contributed by atoms with E-state index >= 15 is 0 Å². The van der Waals surface area contributed by atoms with Crippen LogP contribution in [-0.2, 0) is 5.92 Å². The summed E-state index contributed by atoms with van der Waals surface area (Å²) in [5, 5.41) is 11.0. The van der Waals surface area contributed by atoms with E-state index in [2.05, 4.69) is 20.3 Å². The number of rotatable bonds is 5. The van der Waals surface area contributed by atoms with Gasteiger partial charge in [-0.3, -0.25) is 0 Å². The molecular weight excluding hydrogens is 373 g/mol. The Labute approximate surface area is 149 Å². The van der Waals surface area contributed by atoms with E-state index in [1.54, 1.807) is 0 Å². The van der Waals surface area contributed by atoms with Gasteiger partial charge in [0.1, 0.15) is 0 Å². The molecule has 0 N–H and O–H groups in total. The number of halogens is 5. The molecule has 0 aliphatic heterocycles. The zero-order valence-electron chi connectivity index (χ0n) is 13.8. The average molecular weight is 385 g/mol. The Hall–Kier alpha value is -2.85. The number of alkyl halides is 4. The highest BCUT2D eigenvalue weighted by Gasteiger charge is 2.57. The van der Waals surface area contributed by atoms with E-state index in [-0.39, 0.29) is 29.9 Å². The van der Waals surface area contributed by atoms with Crippen molar-refractivity contribution in [2.45, 2.75) is 25.2 Å². The quantitative estimate of drug-likeness (QED) is 0.630. The van der Waals surface area contributed by atoms with Gasteiger partial charge in [0, 0.05) is 25.1 Å². The van der Waals surface area contributed by atoms with Crippen molar-refractivity contribution in [1.82, 2.24) is 24.8 Å².